The van der Waals surface area contributed by atoms with E-state index in [-0.39, 0.29) is 29.2 Å². The minimum Gasteiger partial charge on any atom is -0.297 e. The average Bonchev–Trinajstić information content (AvgIpc) is 2.84. The molecule has 0 N–H and O–H groups in total. The molecule has 0 amide bonds. The fourth-order valence-electron chi connectivity index (χ4n) is 2.95. The summed E-state index contributed by atoms with van der Waals surface area (Å²) < 4.78 is 0. The Morgan fingerprint density at radius 1 is 0.600 bits per heavy atom. The lowest BCUT2D eigenvalue weighted by Gasteiger charge is -2.28. The Morgan fingerprint density at radius 3 is 1.17 bits per heavy atom. The van der Waals surface area contributed by atoms with E-state index in [4.69, 9.17) is 34.8 Å². The molecule has 0 aliphatic rings. The first-order valence-electron chi connectivity index (χ1n) is 9.22. The number of benzene rings is 3. The summed E-state index contributed by atoms with van der Waals surface area (Å²) in [5.74, 6) is 1.75. The number of Topliss-reactive ketones (excluding diaryl/α,β-unsaturated/α-hetero) is 2. The average molecular weight is 480 g/mol. The van der Waals surface area contributed by atoms with Crippen LogP contribution in [0.2, 0.25) is 0 Å². The van der Waals surface area contributed by atoms with Gasteiger partial charge in [0.1, 0.15) is 0 Å². The van der Waals surface area contributed by atoms with Crippen LogP contribution in [-0.4, -0.2) is 35.0 Å². The van der Waals surface area contributed by atoms with Gasteiger partial charge in [-0.2, -0.15) is 0 Å². The van der Waals surface area contributed by atoms with Crippen molar-refractivity contribution in [2.75, 3.05) is 17.6 Å². The molecular formula is C24H22Cl3O2P. The van der Waals surface area contributed by atoms with Crippen molar-refractivity contribution in [3.63, 3.8) is 0 Å². The summed E-state index contributed by atoms with van der Waals surface area (Å²) in [5, 5.41) is 3.46. The van der Waals surface area contributed by atoms with E-state index in [0.29, 0.717) is 0 Å². The van der Waals surface area contributed by atoms with Crippen molar-refractivity contribution in [2.24, 2.45) is 0 Å². The van der Waals surface area contributed by atoms with Gasteiger partial charge < -0.3 is 0 Å². The number of alkyl halides is 3. The van der Waals surface area contributed by atoms with Crippen molar-refractivity contribution in [1.29, 1.82) is 0 Å². The Morgan fingerprint density at radius 2 is 0.933 bits per heavy atom. The van der Waals surface area contributed by atoms with E-state index < -0.39 is 6.89 Å². The summed E-state index contributed by atoms with van der Waals surface area (Å²) in [6.07, 6.45) is 0. The quantitative estimate of drug-likeness (QED) is 0.366. The summed E-state index contributed by atoms with van der Waals surface area (Å²) in [6.45, 7) is -2.18. The Balaban J connectivity index is 0.000000469. The fourth-order valence-corrected chi connectivity index (χ4v) is 7.21. The molecule has 0 heterocycles. The monoisotopic (exact) mass is 478 g/mol. The van der Waals surface area contributed by atoms with E-state index in [1.54, 1.807) is 0 Å². The minimum atomic E-state index is -2.18. The molecule has 30 heavy (non-hydrogen) atoms. The second-order valence-corrected chi connectivity index (χ2v) is 10.3. The second-order valence-electron chi connectivity index (χ2n) is 6.26. The van der Waals surface area contributed by atoms with E-state index in [1.807, 2.05) is 60.4 Å². The molecule has 2 nitrogen and oxygen atoms in total. The molecule has 0 saturated heterocycles. The van der Waals surface area contributed by atoms with Crippen LogP contribution >= 0.6 is 41.7 Å². The highest BCUT2D eigenvalue weighted by Crippen LogP contribution is 2.43. The zero-order valence-corrected chi connectivity index (χ0v) is 19.4. The number of halogens is 3. The zero-order chi connectivity index (χ0) is 21.8. The van der Waals surface area contributed by atoms with Gasteiger partial charge >= 0.3 is 0 Å². The number of carbonyl (C=O) groups excluding carboxylic acids is 2. The molecule has 3 aromatic carbocycles. The van der Waals surface area contributed by atoms with E-state index in [1.165, 1.54) is 0 Å². The van der Waals surface area contributed by atoms with Gasteiger partial charge in [-0.15, -0.1) is 34.8 Å². The first kappa shape index (κ1) is 24.4. The van der Waals surface area contributed by atoms with Crippen LogP contribution in [0.5, 0.6) is 0 Å². The molecule has 6 heteroatoms. The van der Waals surface area contributed by atoms with E-state index in [0.717, 1.165) is 15.9 Å². The lowest BCUT2D eigenvalue weighted by atomic mass is 10.4. The lowest BCUT2D eigenvalue weighted by molar-refractivity contribution is -0.114. The Bertz CT molecular complexity index is 881. The summed E-state index contributed by atoms with van der Waals surface area (Å²) >= 11 is 15.9. The van der Waals surface area contributed by atoms with Crippen LogP contribution in [-0.2, 0) is 9.59 Å². The van der Waals surface area contributed by atoms with Crippen LogP contribution in [0.25, 0.3) is 0 Å². The molecule has 0 atom stereocenters. The molecule has 0 bridgehead atoms. The highest BCUT2D eigenvalue weighted by Gasteiger charge is 2.25. The number of carbonyl (C=O) groups is 2. The minimum absolute atomic E-state index is 0.00570. The molecule has 0 aliphatic heterocycles. The van der Waals surface area contributed by atoms with Crippen LogP contribution in [0.3, 0.4) is 0 Å². The van der Waals surface area contributed by atoms with Crippen molar-refractivity contribution in [3.05, 3.63) is 91.0 Å². The standard InChI is InChI=1S/C21H18ClOP.C3H4Cl2O/c22-16-18(23)17-24(19-10-4-1-5-11-19,20-12-6-2-7-13-20)21-14-8-3-9-15-21;4-1-3(6)2-5/h1-15,17H,16H2;1-2H2. The predicted octanol–water partition coefficient (Wildman–Crippen LogP) is 4.62. The predicted molar refractivity (Wildman–Crippen MR) is 133 cm³/mol. The van der Waals surface area contributed by atoms with Gasteiger partial charge in [-0.1, -0.05) is 91.0 Å². The third-order valence-corrected chi connectivity index (χ3v) is 9.13. The Hall–Kier alpha value is -1.83. The Labute approximate surface area is 192 Å². The summed E-state index contributed by atoms with van der Waals surface area (Å²) in [4.78, 5) is 22.3. The molecule has 0 fully saturated rings. The molecule has 0 aromatic heterocycles. The lowest BCUT2D eigenvalue weighted by Crippen LogP contribution is -2.28. The normalized spacial score (nSPS) is 10.5. The van der Waals surface area contributed by atoms with Gasteiger partial charge in [-0.3, -0.25) is 9.59 Å². The number of hydrogen-bond donors (Lipinski definition) is 0. The molecule has 0 radical (unpaired) electrons. The summed E-state index contributed by atoms with van der Waals surface area (Å²) in [5.41, 5.74) is 0. The van der Waals surface area contributed by atoms with Crippen molar-refractivity contribution in [3.8, 4) is 0 Å². The molecule has 0 aliphatic carbocycles. The summed E-state index contributed by atoms with van der Waals surface area (Å²) in [7, 11) is 0. The van der Waals surface area contributed by atoms with Gasteiger partial charge in [0, 0.05) is 0 Å². The van der Waals surface area contributed by atoms with Gasteiger partial charge in [0.25, 0.3) is 0 Å². The van der Waals surface area contributed by atoms with Crippen LogP contribution in [0.4, 0.5) is 0 Å². The molecule has 156 valence electrons. The van der Waals surface area contributed by atoms with Crippen LogP contribution in [0, 0.1) is 0 Å². The third-order valence-electron chi connectivity index (χ3n) is 4.26. The molecule has 3 aromatic rings. The zero-order valence-electron chi connectivity index (χ0n) is 16.3. The molecule has 0 saturated carbocycles. The SMILES string of the molecule is O=C(C=P(c1ccccc1)(c1ccccc1)c1ccccc1)CCl.O=C(CCl)CCl. The van der Waals surface area contributed by atoms with Crippen LogP contribution in [0.1, 0.15) is 0 Å². The second kappa shape index (κ2) is 12.8. The smallest absolute Gasteiger partial charge is 0.171 e. The maximum absolute atomic E-state index is 12.4. The molecule has 0 unspecified atom stereocenters. The first-order valence-corrected chi connectivity index (χ1v) is 12.7. The Kier molecular flexibility index (Phi) is 10.4. The van der Waals surface area contributed by atoms with Crippen LogP contribution in [0.15, 0.2) is 91.0 Å². The van der Waals surface area contributed by atoms with E-state index in [9.17, 15) is 9.59 Å². The fraction of sp³-hybridized carbons (Fsp3) is 0.125. The van der Waals surface area contributed by atoms with Gasteiger partial charge in [-0.25, -0.2) is 0 Å². The molecular weight excluding hydrogens is 458 g/mol. The molecule has 0 spiro atoms. The highest BCUT2D eigenvalue weighted by atomic mass is 35.5. The maximum atomic E-state index is 12.4. The highest BCUT2D eigenvalue weighted by molar-refractivity contribution is 7.95. The van der Waals surface area contributed by atoms with Gasteiger partial charge in [0.15, 0.2) is 11.6 Å². The first-order chi connectivity index (χ1) is 14.6. The number of rotatable bonds is 7. The van der Waals surface area contributed by atoms with Crippen molar-refractivity contribution < 1.29 is 9.59 Å². The number of ketones is 2. The van der Waals surface area contributed by atoms with Crippen LogP contribution < -0.4 is 15.9 Å². The van der Waals surface area contributed by atoms with Gasteiger partial charge in [-0.05, 0) is 28.6 Å². The summed E-state index contributed by atoms with van der Waals surface area (Å²) in [6, 6.07) is 30.7. The van der Waals surface area contributed by atoms with Gasteiger partial charge in [0.2, 0.25) is 0 Å². The molecule has 3 rings (SSSR count). The van der Waals surface area contributed by atoms with Gasteiger partial charge in [0.05, 0.1) is 17.6 Å². The van der Waals surface area contributed by atoms with Crippen molar-refractivity contribution >= 4 is 75.0 Å². The van der Waals surface area contributed by atoms with E-state index >= 15 is 0 Å². The van der Waals surface area contributed by atoms with Crippen molar-refractivity contribution in [2.45, 2.75) is 0 Å². The van der Waals surface area contributed by atoms with E-state index in [2.05, 4.69) is 36.4 Å². The number of hydrogen-bond acceptors (Lipinski definition) is 2. The largest absolute Gasteiger partial charge is 0.297 e. The maximum Gasteiger partial charge on any atom is 0.171 e. The van der Waals surface area contributed by atoms with Crippen molar-refractivity contribution in [1.82, 2.24) is 0 Å². The third kappa shape index (κ3) is 6.33. The topological polar surface area (TPSA) is 34.1 Å².